The highest BCUT2D eigenvalue weighted by Crippen LogP contribution is 2.43. The van der Waals surface area contributed by atoms with Crippen molar-refractivity contribution in [3.63, 3.8) is 0 Å². The van der Waals surface area contributed by atoms with E-state index >= 15 is 0 Å². The summed E-state index contributed by atoms with van der Waals surface area (Å²) in [5.41, 5.74) is 0. The number of allylic oxidation sites excluding steroid dienone is 13. The van der Waals surface area contributed by atoms with Gasteiger partial charge >= 0.3 is 7.82 Å². The summed E-state index contributed by atoms with van der Waals surface area (Å²) in [6, 6.07) is -0.880. The van der Waals surface area contributed by atoms with E-state index in [1.165, 1.54) is 135 Å². The fraction of sp³-hybridized carbons (Fsp3) is 0.754. The maximum atomic E-state index is 13.0. The van der Waals surface area contributed by atoms with E-state index in [0.717, 1.165) is 89.9 Å². The SMILES string of the molecule is CC/C=C\C/C=C\C/C=C\C/C=C\C/C=C\CCCCCCCC(=O)NC(COP(=O)(O)OCC[N+](C)(C)C)C(O)/C=C/CC/C=C/CCCCCCCCCCCCCCCCCCCCCCC. The van der Waals surface area contributed by atoms with Gasteiger partial charge in [-0.05, 0) is 77.0 Å². The Bertz CT molecular complexity index is 1410. The number of aliphatic hydroxyl groups excluding tert-OH is 1. The molecule has 0 saturated heterocycles. The average Bonchev–Trinajstić information content (AvgIpc) is 3.32. The molecule has 0 aromatic heterocycles. The predicted molar refractivity (Wildman–Crippen MR) is 304 cm³/mol. The molecule has 3 N–H and O–H groups in total. The number of hydrogen-bond acceptors (Lipinski definition) is 5. The Morgan fingerprint density at radius 3 is 1.31 bits per heavy atom. The second kappa shape index (κ2) is 51.6. The minimum Gasteiger partial charge on any atom is -0.387 e. The Kier molecular flexibility index (Phi) is 49.9. The van der Waals surface area contributed by atoms with E-state index in [2.05, 4.69) is 92.1 Å². The number of likely N-dealkylation sites (N-methyl/N-ethyl adjacent to an activating group) is 1. The number of phosphoric ester groups is 1. The minimum atomic E-state index is -4.37. The predicted octanol–water partition coefficient (Wildman–Crippen LogP) is 17.6. The number of unbranched alkanes of at least 4 members (excludes halogenated alkanes) is 27. The Hall–Kier alpha value is -2.32. The molecule has 0 saturated carbocycles. The number of carbonyl (C=O) groups is 1. The quantitative estimate of drug-likeness (QED) is 0.0243. The second-order valence-electron chi connectivity index (χ2n) is 20.6. The summed E-state index contributed by atoms with van der Waals surface area (Å²) in [5.74, 6) is -0.207. The number of nitrogens with one attached hydrogen (secondary N) is 1. The van der Waals surface area contributed by atoms with Gasteiger partial charge < -0.3 is 19.8 Å². The fourth-order valence-electron chi connectivity index (χ4n) is 8.09. The molecule has 1 amide bonds. The molecule has 9 heteroatoms. The number of rotatable bonds is 52. The van der Waals surface area contributed by atoms with Crippen molar-refractivity contribution in [1.82, 2.24) is 5.32 Å². The van der Waals surface area contributed by atoms with Crippen LogP contribution in [0.3, 0.4) is 0 Å². The molecule has 406 valence electrons. The van der Waals surface area contributed by atoms with Crippen molar-refractivity contribution in [1.29, 1.82) is 0 Å². The number of carbonyl (C=O) groups excluding carboxylic acids is 1. The van der Waals surface area contributed by atoms with Crippen LogP contribution >= 0.6 is 7.82 Å². The second-order valence-corrected chi connectivity index (χ2v) is 22.1. The Labute approximate surface area is 433 Å². The Morgan fingerprint density at radius 2 is 0.871 bits per heavy atom. The largest absolute Gasteiger partial charge is 0.472 e. The van der Waals surface area contributed by atoms with Crippen LogP contribution in [0.2, 0.25) is 0 Å². The molecular weight excluding hydrogens is 888 g/mol. The number of hydrogen-bond donors (Lipinski definition) is 3. The molecule has 0 bridgehead atoms. The third kappa shape index (κ3) is 53.5. The topological polar surface area (TPSA) is 105 Å². The molecule has 0 spiro atoms. The van der Waals surface area contributed by atoms with E-state index in [0.29, 0.717) is 17.4 Å². The van der Waals surface area contributed by atoms with Crippen LogP contribution < -0.4 is 5.32 Å². The van der Waals surface area contributed by atoms with Gasteiger partial charge in [0.05, 0.1) is 39.9 Å². The number of quaternary nitrogens is 1. The molecule has 0 radical (unpaired) electrons. The van der Waals surface area contributed by atoms with Crippen LogP contribution in [0, 0.1) is 0 Å². The molecule has 3 unspecified atom stereocenters. The van der Waals surface area contributed by atoms with E-state index in [-0.39, 0.29) is 19.1 Å². The van der Waals surface area contributed by atoms with Crippen molar-refractivity contribution in [2.24, 2.45) is 0 Å². The molecule has 8 nitrogen and oxygen atoms in total. The van der Waals surface area contributed by atoms with Crippen LogP contribution in [0.1, 0.15) is 245 Å². The van der Waals surface area contributed by atoms with E-state index in [4.69, 9.17) is 9.05 Å². The van der Waals surface area contributed by atoms with E-state index < -0.39 is 20.0 Å². The molecule has 0 fully saturated rings. The number of amides is 1. The molecule has 3 atom stereocenters. The molecule has 0 aromatic carbocycles. The smallest absolute Gasteiger partial charge is 0.387 e. The van der Waals surface area contributed by atoms with Crippen LogP contribution in [-0.2, 0) is 18.4 Å². The number of phosphoric acid groups is 1. The summed E-state index contributed by atoms with van der Waals surface area (Å²) in [6.45, 7) is 4.68. The third-order valence-corrected chi connectivity index (χ3v) is 13.6. The van der Waals surface area contributed by atoms with E-state index in [1.54, 1.807) is 6.08 Å². The highest BCUT2D eigenvalue weighted by atomic mass is 31.2. The maximum absolute atomic E-state index is 13.0. The van der Waals surface area contributed by atoms with Gasteiger partial charge in [-0.3, -0.25) is 13.8 Å². The highest BCUT2D eigenvalue weighted by Gasteiger charge is 2.27. The first-order chi connectivity index (χ1) is 34.0. The molecule has 0 aliphatic carbocycles. The van der Waals surface area contributed by atoms with Crippen molar-refractivity contribution >= 4 is 13.7 Å². The first-order valence-electron chi connectivity index (χ1n) is 29.0. The molecule has 0 rings (SSSR count). The summed E-state index contributed by atoms with van der Waals surface area (Å²) in [7, 11) is 1.53. The van der Waals surface area contributed by atoms with E-state index in [1.807, 2.05) is 27.2 Å². The Morgan fingerprint density at radius 1 is 0.500 bits per heavy atom. The first-order valence-corrected chi connectivity index (χ1v) is 30.5. The lowest BCUT2D eigenvalue weighted by molar-refractivity contribution is -0.870. The van der Waals surface area contributed by atoms with E-state index in [9.17, 15) is 19.4 Å². The minimum absolute atomic E-state index is 0.0478. The van der Waals surface area contributed by atoms with Crippen molar-refractivity contribution in [3.8, 4) is 0 Å². The van der Waals surface area contributed by atoms with Crippen molar-refractivity contribution in [3.05, 3.63) is 85.1 Å². The Balaban J connectivity index is 4.30. The average molecular weight is 1000 g/mol. The van der Waals surface area contributed by atoms with Gasteiger partial charge in [-0.15, -0.1) is 0 Å². The summed E-state index contributed by atoms with van der Waals surface area (Å²) in [6.07, 6.45) is 72.6. The van der Waals surface area contributed by atoms with Gasteiger partial charge in [0.25, 0.3) is 0 Å². The summed E-state index contributed by atoms with van der Waals surface area (Å²) >= 11 is 0. The fourth-order valence-corrected chi connectivity index (χ4v) is 8.82. The molecule has 0 aliphatic rings. The monoisotopic (exact) mass is 1000 g/mol. The summed E-state index contributed by atoms with van der Waals surface area (Å²) in [4.78, 5) is 23.3. The van der Waals surface area contributed by atoms with Crippen LogP contribution in [0.15, 0.2) is 85.1 Å². The van der Waals surface area contributed by atoms with Crippen molar-refractivity contribution < 1.29 is 32.9 Å². The summed E-state index contributed by atoms with van der Waals surface area (Å²) < 4.78 is 23.7. The molecular formula is C61H112N2O6P+. The van der Waals surface area contributed by atoms with Crippen LogP contribution in [0.25, 0.3) is 0 Å². The zero-order valence-corrected chi connectivity index (χ0v) is 47.1. The number of aliphatic hydroxyl groups is 1. The first kappa shape index (κ1) is 67.7. The summed E-state index contributed by atoms with van der Waals surface area (Å²) in [5, 5.41) is 13.9. The zero-order valence-electron chi connectivity index (χ0n) is 46.2. The molecule has 0 heterocycles. The van der Waals surface area contributed by atoms with Gasteiger partial charge in [-0.1, -0.05) is 247 Å². The lowest BCUT2D eigenvalue weighted by atomic mass is 10.0. The van der Waals surface area contributed by atoms with Gasteiger partial charge in [0, 0.05) is 6.42 Å². The van der Waals surface area contributed by atoms with Gasteiger partial charge in [0.15, 0.2) is 0 Å². The molecule has 0 aliphatic heterocycles. The third-order valence-electron chi connectivity index (χ3n) is 12.6. The lowest BCUT2D eigenvalue weighted by Gasteiger charge is -2.25. The maximum Gasteiger partial charge on any atom is 0.472 e. The van der Waals surface area contributed by atoms with Crippen molar-refractivity contribution in [2.75, 3.05) is 40.9 Å². The van der Waals surface area contributed by atoms with Gasteiger partial charge in [-0.2, -0.15) is 0 Å². The van der Waals surface area contributed by atoms with Gasteiger partial charge in [0.1, 0.15) is 13.2 Å². The van der Waals surface area contributed by atoms with Gasteiger partial charge in [0.2, 0.25) is 5.91 Å². The van der Waals surface area contributed by atoms with Crippen molar-refractivity contribution in [2.45, 2.75) is 257 Å². The highest BCUT2D eigenvalue weighted by molar-refractivity contribution is 7.47. The van der Waals surface area contributed by atoms with Crippen LogP contribution in [-0.4, -0.2) is 73.4 Å². The van der Waals surface area contributed by atoms with Crippen LogP contribution in [0.4, 0.5) is 0 Å². The van der Waals surface area contributed by atoms with Gasteiger partial charge in [-0.25, -0.2) is 4.57 Å². The number of nitrogens with zero attached hydrogens (tertiary/aromatic N) is 1. The molecule has 0 aromatic rings. The molecule has 70 heavy (non-hydrogen) atoms. The van der Waals surface area contributed by atoms with Crippen LogP contribution in [0.5, 0.6) is 0 Å². The lowest BCUT2D eigenvalue weighted by Crippen LogP contribution is -2.45. The zero-order chi connectivity index (χ0) is 51.3. The standard InChI is InChI=1S/C61H111N2O6P/c1-6-8-10-12-14-16-18-20-22-24-26-28-29-30-31-32-33-35-36-38-40-42-44-46-48-50-52-54-60(64)59(58-69-70(66,67)68-57-56-63(3,4)5)62-61(65)55-53-51-49-47-45-43-41-39-37-34-27-25-23-21-19-17-15-13-11-9-7-2/h9,11,15,17,21,23,27,34,39,41,44,46,52,54,59-60,64H,6-8,10,12-14,16,18-20,22,24-26,28-33,35-38,40,42-43,45,47-51,53,55-58H2,1-5H3,(H-,62,65,66,67)/p+1/b11-9-,17-15-,23-21-,34-27-,41-39-,46-44+,54-52+. The normalized spacial score (nSPS) is 14.6.